The third-order valence-corrected chi connectivity index (χ3v) is 2.05. The molecule has 0 atom stereocenters. The highest BCUT2D eigenvalue weighted by Gasteiger charge is 2.11. The Morgan fingerprint density at radius 2 is 2.08 bits per heavy atom. The summed E-state index contributed by atoms with van der Waals surface area (Å²) in [5.41, 5.74) is 0.381. The molecular weight excluding hydrogens is 221 g/mol. The summed E-state index contributed by atoms with van der Waals surface area (Å²) in [4.78, 5) is 0. The summed E-state index contributed by atoms with van der Waals surface area (Å²) in [6.07, 6.45) is 0. The second-order valence-electron chi connectivity index (χ2n) is 2.23. The molecule has 0 radical (unpaired) electrons. The lowest BCUT2D eigenvalue weighted by atomic mass is 10.2. The Bertz CT molecular complexity index is 291. The molecule has 0 aliphatic carbocycles. The molecule has 1 aromatic carbocycles. The Morgan fingerprint density at radius 1 is 1.38 bits per heavy atom. The van der Waals surface area contributed by atoms with Gasteiger partial charge >= 0.3 is 6.61 Å². The van der Waals surface area contributed by atoms with E-state index >= 15 is 0 Å². The maximum atomic E-state index is 11.9. The first-order valence-corrected chi connectivity index (χ1v) is 4.34. The molecule has 0 spiro atoms. The second kappa shape index (κ2) is 4.63. The van der Waals surface area contributed by atoms with E-state index in [4.69, 9.17) is 23.2 Å². The van der Waals surface area contributed by atoms with Gasteiger partial charge in [0.1, 0.15) is 5.75 Å². The Labute approximate surface area is 84.2 Å². The molecule has 1 rings (SSSR count). The zero-order valence-corrected chi connectivity index (χ0v) is 7.95. The molecule has 0 saturated carbocycles. The number of benzene rings is 1. The predicted octanol–water partition coefficient (Wildman–Crippen LogP) is 3.68. The van der Waals surface area contributed by atoms with Crippen LogP contribution < -0.4 is 4.74 Å². The van der Waals surface area contributed by atoms with Gasteiger partial charge in [0.2, 0.25) is 0 Å². The van der Waals surface area contributed by atoms with Gasteiger partial charge in [-0.2, -0.15) is 8.78 Å². The van der Waals surface area contributed by atoms with Crippen LogP contribution in [0.3, 0.4) is 0 Å². The minimum absolute atomic E-state index is 0.0255. The Balaban J connectivity index is 2.98. The van der Waals surface area contributed by atoms with Crippen LogP contribution in [-0.2, 0) is 5.88 Å². The van der Waals surface area contributed by atoms with Gasteiger partial charge in [0, 0.05) is 10.6 Å². The molecule has 1 aromatic rings. The maximum Gasteiger partial charge on any atom is 0.387 e. The van der Waals surface area contributed by atoms with Crippen molar-refractivity contribution < 1.29 is 13.5 Å². The fourth-order valence-electron chi connectivity index (χ4n) is 0.875. The van der Waals surface area contributed by atoms with E-state index in [-0.39, 0.29) is 11.6 Å². The first kappa shape index (κ1) is 10.5. The highest BCUT2D eigenvalue weighted by molar-refractivity contribution is 6.32. The third-order valence-electron chi connectivity index (χ3n) is 1.43. The average Bonchev–Trinajstić information content (AvgIpc) is 2.03. The zero-order valence-electron chi connectivity index (χ0n) is 6.44. The smallest absolute Gasteiger partial charge is 0.387 e. The van der Waals surface area contributed by atoms with Crippen molar-refractivity contribution in [2.24, 2.45) is 0 Å². The number of alkyl halides is 3. The van der Waals surface area contributed by atoms with Crippen molar-refractivity contribution in [2.75, 3.05) is 0 Å². The van der Waals surface area contributed by atoms with E-state index in [1.807, 2.05) is 0 Å². The minimum Gasteiger partial charge on any atom is -0.434 e. The average molecular weight is 227 g/mol. The van der Waals surface area contributed by atoms with Gasteiger partial charge in [0.05, 0.1) is 5.88 Å². The molecular formula is C8H6Cl2F2O. The molecule has 13 heavy (non-hydrogen) atoms. The Kier molecular flexibility index (Phi) is 3.75. The van der Waals surface area contributed by atoms with Crippen molar-refractivity contribution in [3.05, 3.63) is 28.8 Å². The van der Waals surface area contributed by atoms with Gasteiger partial charge in [-0.05, 0) is 12.1 Å². The lowest BCUT2D eigenvalue weighted by Crippen LogP contribution is -2.04. The molecule has 0 aromatic heterocycles. The third kappa shape index (κ3) is 2.71. The second-order valence-corrected chi connectivity index (χ2v) is 2.90. The lowest BCUT2D eigenvalue weighted by molar-refractivity contribution is -0.0503. The van der Waals surface area contributed by atoms with Gasteiger partial charge in [-0.15, -0.1) is 11.6 Å². The van der Waals surface area contributed by atoms with Crippen molar-refractivity contribution in [3.63, 3.8) is 0 Å². The lowest BCUT2D eigenvalue weighted by Gasteiger charge is -2.09. The summed E-state index contributed by atoms with van der Waals surface area (Å²) < 4.78 is 27.9. The minimum atomic E-state index is -2.86. The quantitative estimate of drug-likeness (QED) is 0.715. The standard InChI is InChI=1S/C8H6Cl2F2O/c9-4-5-6(10)2-1-3-7(5)13-8(11)12/h1-3,8H,4H2. The molecule has 0 aliphatic heterocycles. The van der Waals surface area contributed by atoms with Gasteiger partial charge in [-0.25, -0.2) is 0 Å². The van der Waals surface area contributed by atoms with Crippen molar-refractivity contribution in [3.8, 4) is 5.75 Å². The maximum absolute atomic E-state index is 11.9. The molecule has 0 aliphatic rings. The summed E-state index contributed by atoms with van der Waals surface area (Å²) in [5, 5.41) is 0.327. The summed E-state index contributed by atoms with van der Waals surface area (Å²) >= 11 is 11.2. The molecule has 0 N–H and O–H groups in total. The largest absolute Gasteiger partial charge is 0.434 e. The van der Waals surface area contributed by atoms with E-state index in [0.717, 1.165) is 0 Å². The van der Waals surface area contributed by atoms with Crippen LogP contribution in [0.1, 0.15) is 5.56 Å². The van der Waals surface area contributed by atoms with Crippen LogP contribution in [0.4, 0.5) is 8.78 Å². The molecule has 0 heterocycles. The van der Waals surface area contributed by atoms with Gasteiger partial charge in [0.15, 0.2) is 0 Å². The number of ether oxygens (including phenoxy) is 1. The molecule has 0 amide bonds. The molecule has 0 bridgehead atoms. The number of hydrogen-bond donors (Lipinski definition) is 0. The molecule has 0 saturated heterocycles. The van der Waals surface area contributed by atoms with E-state index in [2.05, 4.69) is 4.74 Å². The van der Waals surface area contributed by atoms with Crippen molar-refractivity contribution in [1.82, 2.24) is 0 Å². The topological polar surface area (TPSA) is 9.23 Å². The van der Waals surface area contributed by atoms with E-state index in [0.29, 0.717) is 10.6 Å². The van der Waals surface area contributed by atoms with Gasteiger partial charge in [-0.1, -0.05) is 17.7 Å². The highest BCUT2D eigenvalue weighted by atomic mass is 35.5. The van der Waals surface area contributed by atoms with Crippen molar-refractivity contribution in [1.29, 1.82) is 0 Å². The van der Waals surface area contributed by atoms with Crippen LogP contribution in [0.2, 0.25) is 5.02 Å². The van der Waals surface area contributed by atoms with Crippen LogP contribution in [0, 0.1) is 0 Å². The summed E-state index contributed by atoms with van der Waals surface area (Å²) in [6, 6.07) is 4.49. The molecule has 5 heteroatoms. The first-order chi connectivity index (χ1) is 6.15. The fraction of sp³-hybridized carbons (Fsp3) is 0.250. The van der Waals surface area contributed by atoms with Crippen LogP contribution in [0.5, 0.6) is 5.75 Å². The van der Waals surface area contributed by atoms with Crippen molar-refractivity contribution in [2.45, 2.75) is 12.5 Å². The number of rotatable bonds is 3. The van der Waals surface area contributed by atoms with Crippen molar-refractivity contribution >= 4 is 23.2 Å². The van der Waals surface area contributed by atoms with Gasteiger partial charge in [0.25, 0.3) is 0 Å². The Hall–Kier alpha value is -0.540. The van der Waals surface area contributed by atoms with Crippen LogP contribution in [-0.4, -0.2) is 6.61 Å². The predicted molar refractivity (Wildman–Crippen MR) is 47.6 cm³/mol. The highest BCUT2D eigenvalue weighted by Crippen LogP contribution is 2.28. The van der Waals surface area contributed by atoms with E-state index in [1.165, 1.54) is 12.1 Å². The normalized spacial score (nSPS) is 10.5. The van der Waals surface area contributed by atoms with Crippen LogP contribution in [0.15, 0.2) is 18.2 Å². The summed E-state index contributed by atoms with van der Waals surface area (Å²) in [6.45, 7) is -2.86. The van der Waals surface area contributed by atoms with Crippen LogP contribution in [0.25, 0.3) is 0 Å². The summed E-state index contributed by atoms with van der Waals surface area (Å²) in [7, 11) is 0. The molecule has 1 nitrogen and oxygen atoms in total. The van der Waals surface area contributed by atoms with Gasteiger partial charge in [-0.3, -0.25) is 0 Å². The monoisotopic (exact) mass is 226 g/mol. The SMILES string of the molecule is FC(F)Oc1cccc(Cl)c1CCl. The van der Waals surface area contributed by atoms with Crippen LogP contribution >= 0.6 is 23.2 Å². The van der Waals surface area contributed by atoms with E-state index < -0.39 is 6.61 Å². The van der Waals surface area contributed by atoms with E-state index in [9.17, 15) is 8.78 Å². The molecule has 72 valence electrons. The first-order valence-electron chi connectivity index (χ1n) is 3.43. The number of halogens is 4. The van der Waals surface area contributed by atoms with E-state index in [1.54, 1.807) is 6.07 Å². The van der Waals surface area contributed by atoms with Gasteiger partial charge < -0.3 is 4.74 Å². The zero-order chi connectivity index (χ0) is 9.84. The Morgan fingerprint density at radius 3 is 2.62 bits per heavy atom. The molecule has 0 fully saturated rings. The number of hydrogen-bond acceptors (Lipinski definition) is 1. The summed E-state index contributed by atoms with van der Waals surface area (Å²) in [5.74, 6) is 0.0688. The fourth-order valence-corrected chi connectivity index (χ4v) is 1.45. The molecule has 0 unspecified atom stereocenters.